The summed E-state index contributed by atoms with van der Waals surface area (Å²) in [5.41, 5.74) is -0.730. The van der Waals surface area contributed by atoms with Gasteiger partial charge in [-0.05, 0) is 27.8 Å². The van der Waals surface area contributed by atoms with Crippen LogP contribution in [0.3, 0.4) is 0 Å². The number of ether oxygens (including phenoxy) is 2. The molecule has 1 N–H and O–H groups in total. The first-order chi connectivity index (χ1) is 6.10. The molecule has 0 fully saturated rings. The zero-order valence-electron chi connectivity index (χ0n) is 8.85. The standard InChI is InChI=1S/C9H19NO3/c1-5-12-7-9(3,10-4)8(11)13-6-2/h10H,5-7H2,1-4H3. The van der Waals surface area contributed by atoms with Gasteiger partial charge in [0, 0.05) is 6.61 Å². The van der Waals surface area contributed by atoms with Crippen molar-refractivity contribution in [2.24, 2.45) is 0 Å². The van der Waals surface area contributed by atoms with Crippen LogP contribution in [0.2, 0.25) is 0 Å². The van der Waals surface area contributed by atoms with Crippen LogP contribution in [0.15, 0.2) is 0 Å². The van der Waals surface area contributed by atoms with Crippen LogP contribution in [0.5, 0.6) is 0 Å². The van der Waals surface area contributed by atoms with Crippen molar-refractivity contribution in [3.8, 4) is 0 Å². The van der Waals surface area contributed by atoms with Gasteiger partial charge in [0.25, 0.3) is 0 Å². The summed E-state index contributed by atoms with van der Waals surface area (Å²) in [6.45, 7) is 6.76. The molecule has 4 heteroatoms. The van der Waals surface area contributed by atoms with Crippen molar-refractivity contribution < 1.29 is 14.3 Å². The lowest BCUT2D eigenvalue weighted by molar-refractivity contribution is -0.152. The largest absolute Gasteiger partial charge is 0.465 e. The summed E-state index contributed by atoms with van der Waals surface area (Å²) in [5, 5.41) is 2.90. The second-order valence-electron chi connectivity index (χ2n) is 2.94. The minimum absolute atomic E-state index is 0.272. The number of hydrogen-bond acceptors (Lipinski definition) is 4. The third kappa shape index (κ3) is 3.74. The van der Waals surface area contributed by atoms with Crippen molar-refractivity contribution in [1.29, 1.82) is 0 Å². The van der Waals surface area contributed by atoms with Gasteiger partial charge in [0.15, 0.2) is 0 Å². The summed E-state index contributed by atoms with van der Waals surface area (Å²) < 4.78 is 10.1. The van der Waals surface area contributed by atoms with Gasteiger partial charge in [0.1, 0.15) is 5.54 Å². The van der Waals surface area contributed by atoms with Crippen LogP contribution in [0.1, 0.15) is 20.8 Å². The van der Waals surface area contributed by atoms with Crippen LogP contribution in [-0.2, 0) is 14.3 Å². The maximum atomic E-state index is 11.4. The highest BCUT2D eigenvalue weighted by atomic mass is 16.5. The monoisotopic (exact) mass is 189 g/mol. The van der Waals surface area contributed by atoms with Crippen LogP contribution >= 0.6 is 0 Å². The smallest absolute Gasteiger partial charge is 0.328 e. The van der Waals surface area contributed by atoms with Gasteiger partial charge >= 0.3 is 5.97 Å². The number of carbonyl (C=O) groups is 1. The summed E-state index contributed by atoms with van der Waals surface area (Å²) in [6, 6.07) is 0. The Morgan fingerprint density at radius 2 is 2.00 bits per heavy atom. The minimum atomic E-state index is -0.730. The number of hydrogen-bond donors (Lipinski definition) is 1. The highest BCUT2D eigenvalue weighted by Gasteiger charge is 2.33. The Hall–Kier alpha value is -0.610. The molecule has 0 aliphatic rings. The van der Waals surface area contributed by atoms with Gasteiger partial charge in [-0.1, -0.05) is 0 Å². The predicted molar refractivity (Wildman–Crippen MR) is 50.6 cm³/mol. The van der Waals surface area contributed by atoms with E-state index in [1.54, 1.807) is 20.9 Å². The van der Waals surface area contributed by atoms with Crippen LogP contribution in [-0.4, -0.2) is 38.4 Å². The quantitative estimate of drug-likeness (QED) is 0.620. The molecule has 4 nitrogen and oxygen atoms in total. The van der Waals surface area contributed by atoms with E-state index < -0.39 is 5.54 Å². The first-order valence-electron chi connectivity index (χ1n) is 4.54. The summed E-state index contributed by atoms with van der Waals surface area (Å²) in [6.07, 6.45) is 0. The topological polar surface area (TPSA) is 47.6 Å². The van der Waals surface area contributed by atoms with Gasteiger partial charge in [-0.2, -0.15) is 0 Å². The molecule has 0 heterocycles. The third-order valence-electron chi connectivity index (χ3n) is 1.87. The first-order valence-corrected chi connectivity index (χ1v) is 4.54. The Morgan fingerprint density at radius 3 is 2.38 bits per heavy atom. The van der Waals surface area contributed by atoms with E-state index in [-0.39, 0.29) is 5.97 Å². The summed E-state index contributed by atoms with van der Waals surface area (Å²) in [4.78, 5) is 11.4. The van der Waals surface area contributed by atoms with E-state index in [0.717, 1.165) is 0 Å². The fraction of sp³-hybridized carbons (Fsp3) is 0.889. The van der Waals surface area contributed by atoms with E-state index >= 15 is 0 Å². The highest BCUT2D eigenvalue weighted by molar-refractivity contribution is 5.80. The minimum Gasteiger partial charge on any atom is -0.465 e. The fourth-order valence-electron chi connectivity index (χ4n) is 0.830. The molecule has 0 radical (unpaired) electrons. The molecule has 1 unspecified atom stereocenters. The Morgan fingerprint density at radius 1 is 1.38 bits per heavy atom. The third-order valence-corrected chi connectivity index (χ3v) is 1.87. The molecule has 0 rings (SSSR count). The molecule has 0 spiro atoms. The molecule has 0 amide bonds. The molecular formula is C9H19NO3. The number of likely N-dealkylation sites (N-methyl/N-ethyl adjacent to an activating group) is 1. The van der Waals surface area contributed by atoms with Gasteiger partial charge in [-0.25, -0.2) is 4.79 Å². The van der Waals surface area contributed by atoms with E-state index in [9.17, 15) is 4.79 Å². The van der Waals surface area contributed by atoms with E-state index in [0.29, 0.717) is 19.8 Å². The summed E-state index contributed by atoms with van der Waals surface area (Å²) >= 11 is 0. The van der Waals surface area contributed by atoms with Crippen molar-refractivity contribution in [3.63, 3.8) is 0 Å². The lowest BCUT2D eigenvalue weighted by Gasteiger charge is -2.25. The highest BCUT2D eigenvalue weighted by Crippen LogP contribution is 2.06. The summed E-state index contributed by atoms with van der Waals surface area (Å²) in [5.74, 6) is -0.272. The molecule has 0 aromatic rings. The summed E-state index contributed by atoms with van der Waals surface area (Å²) in [7, 11) is 1.72. The average Bonchev–Trinajstić information content (AvgIpc) is 2.14. The van der Waals surface area contributed by atoms with Crippen molar-refractivity contribution in [1.82, 2.24) is 5.32 Å². The first kappa shape index (κ1) is 12.4. The number of carbonyl (C=O) groups excluding carboxylic acids is 1. The fourth-order valence-corrected chi connectivity index (χ4v) is 0.830. The van der Waals surface area contributed by atoms with Gasteiger partial charge in [0.05, 0.1) is 13.2 Å². The van der Waals surface area contributed by atoms with Crippen molar-refractivity contribution in [2.45, 2.75) is 26.3 Å². The zero-order valence-corrected chi connectivity index (χ0v) is 8.85. The normalized spacial score (nSPS) is 15.1. The van der Waals surface area contributed by atoms with Crippen LogP contribution in [0.4, 0.5) is 0 Å². The second kappa shape index (κ2) is 5.94. The molecule has 0 saturated carbocycles. The van der Waals surface area contributed by atoms with E-state index in [2.05, 4.69) is 5.32 Å². The van der Waals surface area contributed by atoms with E-state index in [1.807, 2.05) is 6.92 Å². The van der Waals surface area contributed by atoms with Crippen molar-refractivity contribution in [3.05, 3.63) is 0 Å². The number of esters is 1. The maximum Gasteiger partial charge on any atom is 0.328 e. The Kier molecular flexibility index (Phi) is 5.66. The van der Waals surface area contributed by atoms with Gasteiger partial charge < -0.3 is 14.8 Å². The molecule has 78 valence electrons. The zero-order chi connectivity index (χ0) is 10.3. The molecule has 0 aliphatic heterocycles. The molecule has 0 aromatic heterocycles. The maximum absolute atomic E-state index is 11.4. The molecule has 0 bridgehead atoms. The van der Waals surface area contributed by atoms with Gasteiger partial charge in [-0.3, -0.25) is 0 Å². The molecule has 0 aromatic carbocycles. The van der Waals surface area contributed by atoms with Crippen LogP contribution in [0.25, 0.3) is 0 Å². The van der Waals surface area contributed by atoms with Gasteiger partial charge in [-0.15, -0.1) is 0 Å². The molecule has 1 atom stereocenters. The number of rotatable bonds is 6. The lowest BCUT2D eigenvalue weighted by Crippen LogP contribution is -2.52. The SMILES string of the molecule is CCOCC(C)(NC)C(=O)OCC. The van der Waals surface area contributed by atoms with Gasteiger partial charge in [0.2, 0.25) is 0 Å². The Bertz CT molecular complexity index is 161. The molecule has 0 aliphatic carbocycles. The Labute approximate surface area is 79.6 Å². The molecular weight excluding hydrogens is 170 g/mol. The Balaban J connectivity index is 4.16. The lowest BCUT2D eigenvalue weighted by atomic mass is 10.1. The second-order valence-corrected chi connectivity index (χ2v) is 2.94. The van der Waals surface area contributed by atoms with Crippen LogP contribution < -0.4 is 5.32 Å². The van der Waals surface area contributed by atoms with E-state index in [1.165, 1.54) is 0 Å². The van der Waals surface area contributed by atoms with Crippen molar-refractivity contribution >= 4 is 5.97 Å². The average molecular weight is 189 g/mol. The predicted octanol–water partition coefficient (Wildman–Crippen LogP) is 0.564. The number of nitrogens with one attached hydrogen (secondary N) is 1. The van der Waals surface area contributed by atoms with E-state index in [4.69, 9.17) is 9.47 Å². The van der Waals surface area contributed by atoms with Crippen molar-refractivity contribution in [2.75, 3.05) is 26.9 Å². The molecule has 13 heavy (non-hydrogen) atoms. The molecule has 0 saturated heterocycles. The van der Waals surface area contributed by atoms with Crippen LogP contribution in [0, 0.1) is 0 Å².